The number of carbonyl (C=O) groups excluding carboxylic acids is 1. The first kappa shape index (κ1) is 25.4. The minimum Gasteiger partial charge on any atom is -0.490 e. The number of allylic oxidation sites excluding steroid dienone is 1. The van der Waals surface area contributed by atoms with Gasteiger partial charge in [-0.25, -0.2) is 9.79 Å². The third-order valence-electron chi connectivity index (χ3n) is 5.78. The van der Waals surface area contributed by atoms with E-state index in [9.17, 15) is 9.59 Å². The second-order valence-corrected chi connectivity index (χ2v) is 9.29. The van der Waals surface area contributed by atoms with E-state index in [0.29, 0.717) is 50.9 Å². The van der Waals surface area contributed by atoms with Gasteiger partial charge in [0, 0.05) is 0 Å². The van der Waals surface area contributed by atoms with E-state index in [2.05, 4.69) is 4.99 Å². The summed E-state index contributed by atoms with van der Waals surface area (Å²) in [6.45, 7) is 10.5. The van der Waals surface area contributed by atoms with Crippen LogP contribution < -0.4 is 24.4 Å². The average molecular weight is 507 g/mol. The van der Waals surface area contributed by atoms with E-state index in [1.165, 1.54) is 11.3 Å². The molecule has 1 aliphatic heterocycles. The predicted octanol–water partition coefficient (Wildman–Crippen LogP) is 3.90. The molecule has 0 radical (unpaired) electrons. The molecular formula is C28H30N2O5S. The third-order valence-corrected chi connectivity index (χ3v) is 6.76. The number of ether oxygens (including phenoxy) is 3. The van der Waals surface area contributed by atoms with Gasteiger partial charge in [0.2, 0.25) is 0 Å². The molecule has 36 heavy (non-hydrogen) atoms. The van der Waals surface area contributed by atoms with Crippen LogP contribution in [0.4, 0.5) is 0 Å². The van der Waals surface area contributed by atoms with E-state index in [4.69, 9.17) is 14.2 Å². The van der Waals surface area contributed by atoms with Crippen molar-refractivity contribution in [2.45, 2.75) is 40.7 Å². The highest BCUT2D eigenvalue weighted by molar-refractivity contribution is 7.07. The van der Waals surface area contributed by atoms with Gasteiger partial charge in [0.05, 0.1) is 41.7 Å². The van der Waals surface area contributed by atoms with Crippen LogP contribution in [0.1, 0.15) is 50.4 Å². The first-order valence-electron chi connectivity index (χ1n) is 12.0. The molecule has 3 aromatic rings. The largest absolute Gasteiger partial charge is 0.490 e. The molecule has 2 aromatic carbocycles. The quantitative estimate of drug-likeness (QED) is 0.433. The Bertz CT molecular complexity index is 1480. The van der Waals surface area contributed by atoms with Crippen molar-refractivity contribution in [3.05, 3.63) is 90.1 Å². The van der Waals surface area contributed by atoms with E-state index in [0.717, 1.165) is 11.1 Å². The number of aryl methyl sites for hydroxylation is 1. The maximum Gasteiger partial charge on any atom is 0.338 e. The highest BCUT2D eigenvalue weighted by Gasteiger charge is 2.34. The minimum absolute atomic E-state index is 0.216. The van der Waals surface area contributed by atoms with E-state index >= 15 is 0 Å². The normalized spacial score (nSPS) is 15.4. The molecule has 0 bridgehead atoms. The van der Waals surface area contributed by atoms with Crippen molar-refractivity contribution in [1.82, 2.24) is 4.57 Å². The Morgan fingerprint density at radius 3 is 2.36 bits per heavy atom. The number of hydrogen-bond acceptors (Lipinski definition) is 7. The van der Waals surface area contributed by atoms with Crippen molar-refractivity contribution in [2.75, 3.05) is 19.8 Å². The smallest absolute Gasteiger partial charge is 0.338 e. The molecule has 8 heteroatoms. The molecule has 0 N–H and O–H groups in total. The fraction of sp³-hybridized carbons (Fsp3) is 0.321. The number of rotatable bonds is 8. The zero-order valence-electron chi connectivity index (χ0n) is 21.2. The number of nitrogens with zero attached hydrogens (tertiary/aromatic N) is 2. The second-order valence-electron chi connectivity index (χ2n) is 8.29. The van der Waals surface area contributed by atoms with Crippen LogP contribution in [0.3, 0.4) is 0 Å². The van der Waals surface area contributed by atoms with Crippen LogP contribution in [-0.4, -0.2) is 30.4 Å². The van der Waals surface area contributed by atoms with Crippen molar-refractivity contribution in [3.8, 4) is 11.5 Å². The molecule has 7 nitrogen and oxygen atoms in total. The van der Waals surface area contributed by atoms with Crippen LogP contribution in [0.5, 0.6) is 11.5 Å². The molecule has 0 spiro atoms. The molecule has 2 heterocycles. The van der Waals surface area contributed by atoms with Gasteiger partial charge in [-0.2, -0.15) is 0 Å². The molecule has 1 aliphatic rings. The number of aromatic nitrogens is 1. The molecule has 1 unspecified atom stereocenters. The summed E-state index contributed by atoms with van der Waals surface area (Å²) in [5, 5.41) is 0. The summed E-state index contributed by atoms with van der Waals surface area (Å²) in [6, 6.07) is 12.7. The lowest BCUT2D eigenvalue weighted by atomic mass is 9.95. The Kier molecular flexibility index (Phi) is 7.74. The third kappa shape index (κ3) is 4.99. The molecule has 0 saturated carbocycles. The van der Waals surface area contributed by atoms with Crippen molar-refractivity contribution in [1.29, 1.82) is 0 Å². The number of carbonyl (C=O) groups is 1. The molecule has 1 aromatic heterocycles. The number of fused-ring (bicyclic) bond motifs is 1. The zero-order valence-corrected chi connectivity index (χ0v) is 22.0. The molecule has 0 aliphatic carbocycles. The van der Waals surface area contributed by atoms with E-state index < -0.39 is 12.0 Å². The van der Waals surface area contributed by atoms with Gasteiger partial charge < -0.3 is 14.2 Å². The van der Waals surface area contributed by atoms with Gasteiger partial charge in [-0.3, -0.25) is 9.36 Å². The number of esters is 1. The lowest BCUT2D eigenvalue weighted by Gasteiger charge is -2.25. The maximum atomic E-state index is 13.7. The van der Waals surface area contributed by atoms with Crippen LogP contribution in [0.25, 0.3) is 6.08 Å². The first-order chi connectivity index (χ1) is 17.4. The van der Waals surface area contributed by atoms with Gasteiger partial charge in [0.15, 0.2) is 16.3 Å². The molecule has 0 saturated heterocycles. The Labute approximate surface area is 214 Å². The summed E-state index contributed by atoms with van der Waals surface area (Å²) in [5.41, 5.74) is 3.41. The SMILES string of the molecule is CCOC(=O)C1=C(C)N=c2s/c(=C\c3ccc(C)cc3)c(=O)n2C1c1ccc(OCC)c(OCC)c1. The molecule has 188 valence electrons. The van der Waals surface area contributed by atoms with Gasteiger partial charge in [0.25, 0.3) is 5.56 Å². The fourth-order valence-electron chi connectivity index (χ4n) is 4.16. The second kappa shape index (κ2) is 11.0. The van der Waals surface area contributed by atoms with Crippen molar-refractivity contribution in [2.24, 2.45) is 4.99 Å². The summed E-state index contributed by atoms with van der Waals surface area (Å²) >= 11 is 1.30. The van der Waals surface area contributed by atoms with Crippen LogP contribution >= 0.6 is 11.3 Å². The number of hydrogen-bond donors (Lipinski definition) is 0. The summed E-state index contributed by atoms with van der Waals surface area (Å²) in [5.74, 6) is 0.660. The van der Waals surface area contributed by atoms with E-state index in [-0.39, 0.29) is 12.2 Å². The standard InChI is InChI=1S/C28H30N2O5S/c1-6-33-21-14-13-20(16-22(21)34-7-2)25-24(27(32)35-8-3)18(5)29-28-30(25)26(31)23(36-28)15-19-11-9-17(4)10-12-19/h9-16,25H,6-8H2,1-5H3/b23-15-. The zero-order chi connectivity index (χ0) is 25.8. The highest BCUT2D eigenvalue weighted by atomic mass is 32.1. The average Bonchev–Trinajstić information content (AvgIpc) is 3.15. The van der Waals surface area contributed by atoms with Gasteiger partial charge in [0.1, 0.15) is 0 Å². The van der Waals surface area contributed by atoms with Crippen LogP contribution in [0.15, 0.2) is 63.5 Å². The van der Waals surface area contributed by atoms with Gasteiger partial charge in [-0.05, 0) is 64.0 Å². The van der Waals surface area contributed by atoms with E-state index in [1.54, 1.807) is 18.4 Å². The predicted molar refractivity (Wildman–Crippen MR) is 140 cm³/mol. The minimum atomic E-state index is -0.713. The van der Waals surface area contributed by atoms with Crippen molar-refractivity contribution < 1.29 is 19.0 Å². The van der Waals surface area contributed by atoms with Gasteiger partial charge in [-0.15, -0.1) is 0 Å². The molecule has 1 atom stereocenters. The maximum absolute atomic E-state index is 13.7. The molecular weight excluding hydrogens is 476 g/mol. The monoisotopic (exact) mass is 506 g/mol. The van der Waals surface area contributed by atoms with Crippen LogP contribution in [0.2, 0.25) is 0 Å². The van der Waals surface area contributed by atoms with E-state index in [1.807, 2.05) is 69.3 Å². The van der Waals surface area contributed by atoms with Crippen LogP contribution in [0, 0.1) is 6.92 Å². The van der Waals surface area contributed by atoms with Crippen molar-refractivity contribution in [3.63, 3.8) is 0 Å². The Balaban J connectivity index is 1.94. The molecule has 4 rings (SSSR count). The first-order valence-corrected chi connectivity index (χ1v) is 12.8. The Hall–Kier alpha value is -3.65. The Morgan fingerprint density at radius 1 is 1.00 bits per heavy atom. The number of thiazole rings is 1. The highest BCUT2D eigenvalue weighted by Crippen LogP contribution is 2.36. The topological polar surface area (TPSA) is 79.1 Å². The molecule has 0 fully saturated rings. The summed E-state index contributed by atoms with van der Waals surface area (Å²) in [4.78, 5) is 32.0. The lowest BCUT2D eigenvalue weighted by molar-refractivity contribution is -0.139. The van der Waals surface area contributed by atoms with Gasteiger partial charge in [-0.1, -0.05) is 47.2 Å². The summed E-state index contributed by atoms with van der Waals surface area (Å²) in [7, 11) is 0. The summed E-state index contributed by atoms with van der Waals surface area (Å²) in [6.07, 6.45) is 1.85. The lowest BCUT2D eigenvalue weighted by Crippen LogP contribution is -2.40. The summed E-state index contributed by atoms with van der Waals surface area (Å²) < 4.78 is 19.0. The van der Waals surface area contributed by atoms with Crippen molar-refractivity contribution >= 4 is 23.4 Å². The molecule has 0 amide bonds. The Morgan fingerprint density at radius 2 is 1.69 bits per heavy atom. The van der Waals surface area contributed by atoms with Crippen LogP contribution in [-0.2, 0) is 9.53 Å². The fourth-order valence-corrected chi connectivity index (χ4v) is 5.21. The number of benzene rings is 2. The van der Waals surface area contributed by atoms with Gasteiger partial charge >= 0.3 is 5.97 Å².